The van der Waals surface area contributed by atoms with E-state index in [2.05, 4.69) is 15.3 Å². The van der Waals surface area contributed by atoms with Crippen LogP contribution < -0.4 is 15.0 Å². The number of alkyl halides is 2. The summed E-state index contributed by atoms with van der Waals surface area (Å²) in [6.45, 7) is 3.26. The van der Waals surface area contributed by atoms with Gasteiger partial charge in [-0.05, 0) is 19.8 Å². The lowest BCUT2D eigenvalue weighted by molar-refractivity contribution is 0.0124. The third-order valence-electron chi connectivity index (χ3n) is 5.61. The Balaban J connectivity index is 1.57. The van der Waals surface area contributed by atoms with Crippen molar-refractivity contribution in [1.29, 1.82) is 0 Å². The predicted molar refractivity (Wildman–Crippen MR) is 89.2 cm³/mol. The lowest BCUT2D eigenvalue weighted by atomic mass is 9.95. The molecule has 0 spiro atoms. The molecule has 144 valence electrons. The van der Waals surface area contributed by atoms with Crippen molar-refractivity contribution in [3.8, 4) is 6.01 Å². The summed E-state index contributed by atoms with van der Waals surface area (Å²) in [6.07, 6.45) is 1.19. The molecule has 2 atom stereocenters. The SMILES string of the molecule is C[C@@]1(O)CCCN(c2nc(OCC3(CO)CC3(F)F)nc3c2CNC3)C1. The Hall–Kier alpha value is -1.58. The fraction of sp³-hybridized carbons (Fsp3) is 0.765. The first kappa shape index (κ1) is 17.8. The molecule has 1 unspecified atom stereocenters. The van der Waals surface area contributed by atoms with Crippen LogP contribution in [0.15, 0.2) is 0 Å². The highest BCUT2D eigenvalue weighted by atomic mass is 19.3. The van der Waals surface area contributed by atoms with E-state index >= 15 is 0 Å². The summed E-state index contributed by atoms with van der Waals surface area (Å²) in [5, 5.41) is 22.9. The molecule has 1 saturated heterocycles. The second-order valence-electron chi connectivity index (χ2n) is 7.99. The largest absolute Gasteiger partial charge is 0.462 e. The van der Waals surface area contributed by atoms with Crippen molar-refractivity contribution in [1.82, 2.24) is 15.3 Å². The number of rotatable bonds is 5. The number of nitrogens with zero attached hydrogens (tertiary/aromatic N) is 3. The molecule has 26 heavy (non-hydrogen) atoms. The number of ether oxygens (including phenoxy) is 1. The molecule has 0 amide bonds. The fourth-order valence-electron chi connectivity index (χ4n) is 3.81. The van der Waals surface area contributed by atoms with E-state index in [0.717, 1.165) is 30.6 Å². The average molecular weight is 370 g/mol. The number of hydrogen-bond acceptors (Lipinski definition) is 7. The molecule has 0 bridgehead atoms. The van der Waals surface area contributed by atoms with Crippen molar-refractivity contribution in [2.45, 2.75) is 50.8 Å². The third kappa shape index (κ3) is 3.01. The van der Waals surface area contributed by atoms with E-state index < -0.39 is 23.5 Å². The predicted octanol–water partition coefficient (Wildman–Crippen LogP) is 0.828. The van der Waals surface area contributed by atoms with Crippen LogP contribution in [0.1, 0.15) is 37.4 Å². The minimum absolute atomic E-state index is 0.0446. The molecule has 7 nitrogen and oxygen atoms in total. The summed E-state index contributed by atoms with van der Waals surface area (Å²) in [5.74, 6) is -2.22. The first-order chi connectivity index (χ1) is 12.3. The Morgan fingerprint density at radius 1 is 1.31 bits per heavy atom. The highest BCUT2D eigenvalue weighted by molar-refractivity contribution is 5.52. The van der Waals surface area contributed by atoms with Gasteiger partial charge in [0.1, 0.15) is 12.4 Å². The highest BCUT2D eigenvalue weighted by Crippen LogP contribution is 2.60. The van der Waals surface area contributed by atoms with Gasteiger partial charge in [0, 0.05) is 38.2 Å². The van der Waals surface area contributed by atoms with Crippen molar-refractivity contribution in [3.63, 3.8) is 0 Å². The number of nitrogens with one attached hydrogen (secondary N) is 1. The maximum absolute atomic E-state index is 13.5. The molecule has 3 heterocycles. The van der Waals surface area contributed by atoms with Gasteiger partial charge in [-0.3, -0.25) is 0 Å². The molecule has 4 rings (SSSR count). The molecule has 9 heteroatoms. The van der Waals surface area contributed by atoms with Gasteiger partial charge < -0.3 is 25.2 Å². The normalized spacial score (nSPS) is 32.4. The first-order valence-corrected chi connectivity index (χ1v) is 8.95. The van der Waals surface area contributed by atoms with E-state index in [-0.39, 0.29) is 19.0 Å². The van der Waals surface area contributed by atoms with E-state index in [1.807, 2.05) is 4.90 Å². The van der Waals surface area contributed by atoms with Gasteiger partial charge in [0.2, 0.25) is 0 Å². The van der Waals surface area contributed by atoms with Gasteiger partial charge in [-0.15, -0.1) is 0 Å². The maximum atomic E-state index is 13.5. The first-order valence-electron chi connectivity index (χ1n) is 8.95. The number of halogens is 2. The number of piperidine rings is 1. The van der Waals surface area contributed by atoms with Gasteiger partial charge in [0.15, 0.2) is 0 Å². The summed E-state index contributed by atoms with van der Waals surface area (Å²) >= 11 is 0. The lowest BCUT2D eigenvalue weighted by Gasteiger charge is -2.38. The van der Waals surface area contributed by atoms with Gasteiger partial charge in [-0.25, -0.2) is 8.78 Å². The number of aliphatic hydroxyl groups excluding tert-OH is 1. The van der Waals surface area contributed by atoms with E-state index in [4.69, 9.17) is 4.74 Å². The fourth-order valence-corrected chi connectivity index (χ4v) is 3.81. The van der Waals surface area contributed by atoms with Crippen LogP contribution in [0.5, 0.6) is 6.01 Å². The maximum Gasteiger partial charge on any atom is 0.318 e. The Bertz CT molecular complexity index is 715. The smallest absolute Gasteiger partial charge is 0.318 e. The summed E-state index contributed by atoms with van der Waals surface area (Å²) in [4.78, 5) is 10.8. The monoisotopic (exact) mass is 370 g/mol. The molecular weight excluding hydrogens is 346 g/mol. The van der Waals surface area contributed by atoms with Crippen molar-refractivity contribution < 1.29 is 23.7 Å². The van der Waals surface area contributed by atoms with E-state index in [1.165, 1.54) is 0 Å². The quantitative estimate of drug-likeness (QED) is 0.707. The minimum Gasteiger partial charge on any atom is -0.462 e. The zero-order valence-electron chi connectivity index (χ0n) is 14.8. The van der Waals surface area contributed by atoms with E-state index in [9.17, 15) is 19.0 Å². The Labute approximate surface area is 150 Å². The number of aliphatic hydroxyl groups is 2. The minimum atomic E-state index is -2.91. The summed E-state index contributed by atoms with van der Waals surface area (Å²) < 4.78 is 32.5. The van der Waals surface area contributed by atoms with E-state index in [1.54, 1.807) is 6.92 Å². The number of β-amino-alcohol motifs (C(OH)–C–C–N with tert-alkyl or cyclic N) is 1. The van der Waals surface area contributed by atoms with Gasteiger partial charge in [0.25, 0.3) is 5.92 Å². The molecule has 0 aromatic carbocycles. The Morgan fingerprint density at radius 3 is 2.73 bits per heavy atom. The molecule has 1 aliphatic carbocycles. The molecule has 3 N–H and O–H groups in total. The second kappa shape index (κ2) is 5.97. The number of anilines is 1. The van der Waals surface area contributed by atoms with Crippen LogP contribution in [0.4, 0.5) is 14.6 Å². The highest BCUT2D eigenvalue weighted by Gasteiger charge is 2.71. The van der Waals surface area contributed by atoms with Crippen molar-refractivity contribution in [3.05, 3.63) is 11.3 Å². The summed E-state index contributed by atoms with van der Waals surface area (Å²) in [6, 6.07) is 0.0446. The van der Waals surface area contributed by atoms with Crippen molar-refractivity contribution in [2.24, 2.45) is 5.41 Å². The summed E-state index contributed by atoms with van der Waals surface area (Å²) in [5.41, 5.74) is -0.567. The van der Waals surface area contributed by atoms with E-state index in [0.29, 0.717) is 25.5 Å². The van der Waals surface area contributed by atoms with Crippen LogP contribution in [0.3, 0.4) is 0 Å². The standard InChI is InChI=1S/C17H24F2N4O3/c1-15(25)3-2-4-23(8-15)13-11-5-20-6-12(11)21-14(22-13)26-10-16(9-24)7-17(16,18)19/h20,24-25H,2-10H2,1H3/t15-,16?/m1/s1. The molecular formula is C17H24F2N4O3. The van der Waals surface area contributed by atoms with Crippen LogP contribution in [-0.2, 0) is 13.1 Å². The zero-order valence-corrected chi connectivity index (χ0v) is 14.8. The van der Waals surface area contributed by atoms with Gasteiger partial charge in [-0.2, -0.15) is 9.97 Å². The van der Waals surface area contributed by atoms with Gasteiger partial charge >= 0.3 is 6.01 Å². The van der Waals surface area contributed by atoms with Crippen LogP contribution in [0.25, 0.3) is 0 Å². The number of aromatic nitrogens is 2. The Kier molecular flexibility index (Phi) is 4.09. The van der Waals surface area contributed by atoms with Crippen LogP contribution in [-0.4, -0.2) is 58.0 Å². The molecule has 1 aromatic heterocycles. The Morgan fingerprint density at radius 2 is 2.08 bits per heavy atom. The van der Waals surface area contributed by atoms with Crippen LogP contribution in [0, 0.1) is 5.41 Å². The second-order valence-corrected chi connectivity index (χ2v) is 7.99. The zero-order chi connectivity index (χ0) is 18.6. The molecule has 2 aliphatic heterocycles. The van der Waals surface area contributed by atoms with Crippen LogP contribution in [0.2, 0.25) is 0 Å². The van der Waals surface area contributed by atoms with Crippen LogP contribution >= 0.6 is 0 Å². The number of hydrogen-bond donors (Lipinski definition) is 3. The third-order valence-corrected chi connectivity index (χ3v) is 5.61. The van der Waals surface area contributed by atoms with Gasteiger partial charge in [-0.1, -0.05) is 0 Å². The number of fused-ring (bicyclic) bond motifs is 1. The van der Waals surface area contributed by atoms with Gasteiger partial charge in [0.05, 0.1) is 23.3 Å². The average Bonchev–Trinajstić information content (AvgIpc) is 2.92. The lowest BCUT2D eigenvalue weighted by Crippen LogP contribution is -2.46. The molecule has 1 saturated carbocycles. The van der Waals surface area contributed by atoms with Crippen molar-refractivity contribution in [2.75, 3.05) is 31.2 Å². The topological polar surface area (TPSA) is 90.7 Å². The molecule has 2 fully saturated rings. The van der Waals surface area contributed by atoms with Crippen molar-refractivity contribution >= 4 is 5.82 Å². The summed E-state index contributed by atoms with van der Waals surface area (Å²) in [7, 11) is 0. The molecule has 0 radical (unpaired) electrons. The molecule has 3 aliphatic rings. The molecule has 1 aromatic rings.